The second-order valence-electron chi connectivity index (χ2n) is 2.46. The Morgan fingerprint density at radius 3 is 2.21 bits per heavy atom. The van der Waals surface area contributed by atoms with Crippen molar-refractivity contribution in [3.63, 3.8) is 0 Å². The average molecular weight is 196 g/mol. The summed E-state index contributed by atoms with van der Waals surface area (Å²) in [5, 5.41) is 9.47. The summed E-state index contributed by atoms with van der Waals surface area (Å²) in [7, 11) is 3.00. The van der Waals surface area contributed by atoms with E-state index < -0.39 is 0 Å². The van der Waals surface area contributed by atoms with Crippen LogP contribution in [-0.2, 0) is 0 Å². The van der Waals surface area contributed by atoms with Crippen LogP contribution in [0.4, 0.5) is 0 Å². The van der Waals surface area contributed by atoms with Gasteiger partial charge in [0.15, 0.2) is 23.0 Å². The topological polar surface area (TPSA) is 47.9 Å². The van der Waals surface area contributed by atoms with Crippen molar-refractivity contribution in [3.8, 4) is 23.0 Å². The summed E-state index contributed by atoms with van der Waals surface area (Å²) in [4.78, 5) is 0. The van der Waals surface area contributed by atoms with Crippen LogP contribution < -0.4 is 14.2 Å². The lowest BCUT2D eigenvalue weighted by molar-refractivity contribution is 0.344. The Hall–Kier alpha value is -1.84. The number of ether oxygens (including phenoxy) is 3. The number of hydrogen-bond donors (Lipinski definition) is 1. The standard InChI is InChI=1S/C10H12O4/c1-4-14-8-6-10(13-3)9(12-2)5-7(8)11/h4-6,11H,1H2,2-3H3. The number of benzene rings is 1. The molecule has 1 rings (SSSR count). The van der Waals surface area contributed by atoms with Crippen molar-refractivity contribution in [1.29, 1.82) is 0 Å². The fraction of sp³-hybridized carbons (Fsp3) is 0.200. The molecule has 0 heterocycles. The molecule has 0 aliphatic heterocycles. The highest BCUT2D eigenvalue weighted by Gasteiger charge is 2.10. The monoisotopic (exact) mass is 196 g/mol. The molecule has 0 unspecified atom stereocenters. The van der Waals surface area contributed by atoms with Crippen molar-refractivity contribution >= 4 is 0 Å². The first-order chi connectivity index (χ1) is 6.72. The molecule has 0 radical (unpaired) electrons. The molecule has 0 aromatic heterocycles. The summed E-state index contributed by atoms with van der Waals surface area (Å²) in [5.74, 6) is 1.18. The highest BCUT2D eigenvalue weighted by molar-refractivity contribution is 5.53. The summed E-state index contributed by atoms with van der Waals surface area (Å²) in [5.41, 5.74) is 0. The van der Waals surface area contributed by atoms with E-state index in [1.165, 1.54) is 32.6 Å². The molecular formula is C10H12O4. The smallest absolute Gasteiger partial charge is 0.172 e. The van der Waals surface area contributed by atoms with Crippen LogP contribution in [-0.4, -0.2) is 19.3 Å². The molecule has 4 heteroatoms. The van der Waals surface area contributed by atoms with Crippen LogP contribution in [0.1, 0.15) is 0 Å². The molecule has 76 valence electrons. The van der Waals surface area contributed by atoms with E-state index in [0.29, 0.717) is 11.5 Å². The molecule has 0 saturated heterocycles. The average Bonchev–Trinajstić information content (AvgIpc) is 2.20. The van der Waals surface area contributed by atoms with E-state index in [4.69, 9.17) is 14.2 Å². The van der Waals surface area contributed by atoms with Gasteiger partial charge in [-0.15, -0.1) is 0 Å². The molecular weight excluding hydrogens is 184 g/mol. The number of aromatic hydroxyl groups is 1. The van der Waals surface area contributed by atoms with Gasteiger partial charge in [-0.1, -0.05) is 6.58 Å². The second-order valence-corrected chi connectivity index (χ2v) is 2.46. The van der Waals surface area contributed by atoms with E-state index in [0.717, 1.165) is 0 Å². The molecule has 0 saturated carbocycles. The number of methoxy groups -OCH3 is 2. The van der Waals surface area contributed by atoms with Crippen LogP contribution in [0, 0.1) is 0 Å². The number of hydrogen-bond acceptors (Lipinski definition) is 4. The van der Waals surface area contributed by atoms with Crippen LogP contribution in [0.3, 0.4) is 0 Å². The van der Waals surface area contributed by atoms with Crippen LogP contribution in [0.2, 0.25) is 0 Å². The summed E-state index contributed by atoms with van der Waals surface area (Å²) in [6, 6.07) is 2.94. The molecule has 0 fully saturated rings. The first-order valence-corrected chi connectivity index (χ1v) is 3.95. The molecule has 0 aliphatic carbocycles. The lowest BCUT2D eigenvalue weighted by atomic mass is 10.2. The first-order valence-electron chi connectivity index (χ1n) is 3.95. The first kappa shape index (κ1) is 10.2. The summed E-state index contributed by atoms with van der Waals surface area (Å²) >= 11 is 0. The predicted molar refractivity (Wildman–Crippen MR) is 52.0 cm³/mol. The minimum absolute atomic E-state index is 0.0254. The zero-order chi connectivity index (χ0) is 10.6. The fourth-order valence-electron chi connectivity index (χ4n) is 1.03. The van der Waals surface area contributed by atoms with Crippen molar-refractivity contribution in [2.45, 2.75) is 0 Å². The third kappa shape index (κ3) is 1.90. The minimum atomic E-state index is -0.0254. The predicted octanol–water partition coefficient (Wildman–Crippen LogP) is 1.93. The maximum Gasteiger partial charge on any atom is 0.172 e. The van der Waals surface area contributed by atoms with E-state index >= 15 is 0 Å². The molecule has 4 nitrogen and oxygen atoms in total. The van der Waals surface area contributed by atoms with E-state index in [2.05, 4.69) is 6.58 Å². The Bertz CT molecular complexity index is 333. The van der Waals surface area contributed by atoms with Gasteiger partial charge in [-0.25, -0.2) is 0 Å². The van der Waals surface area contributed by atoms with Crippen LogP contribution in [0.25, 0.3) is 0 Å². The summed E-state index contributed by atoms with van der Waals surface area (Å²) in [6.45, 7) is 3.39. The van der Waals surface area contributed by atoms with E-state index in [1.807, 2.05) is 0 Å². The molecule has 14 heavy (non-hydrogen) atoms. The molecule has 0 bridgehead atoms. The minimum Gasteiger partial charge on any atom is -0.504 e. The van der Waals surface area contributed by atoms with Gasteiger partial charge in [0, 0.05) is 12.1 Å². The lowest BCUT2D eigenvalue weighted by Gasteiger charge is -2.10. The van der Waals surface area contributed by atoms with Gasteiger partial charge in [0.1, 0.15) is 0 Å². The van der Waals surface area contributed by atoms with Crippen molar-refractivity contribution in [2.24, 2.45) is 0 Å². The molecule has 1 aromatic carbocycles. The van der Waals surface area contributed by atoms with Gasteiger partial charge in [-0.05, 0) is 0 Å². The van der Waals surface area contributed by atoms with Crippen molar-refractivity contribution in [1.82, 2.24) is 0 Å². The lowest BCUT2D eigenvalue weighted by Crippen LogP contribution is -1.91. The third-order valence-electron chi connectivity index (χ3n) is 1.68. The van der Waals surface area contributed by atoms with Crippen LogP contribution in [0.15, 0.2) is 25.0 Å². The zero-order valence-electron chi connectivity index (χ0n) is 8.11. The van der Waals surface area contributed by atoms with Crippen molar-refractivity contribution in [2.75, 3.05) is 14.2 Å². The Balaban J connectivity index is 3.15. The fourth-order valence-corrected chi connectivity index (χ4v) is 1.03. The normalized spacial score (nSPS) is 9.29. The van der Waals surface area contributed by atoms with Gasteiger partial charge >= 0.3 is 0 Å². The quantitative estimate of drug-likeness (QED) is 0.747. The summed E-state index contributed by atoms with van der Waals surface area (Å²) < 4.78 is 15.0. The Morgan fingerprint density at radius 2 is 1.71 bits per heavy atom. The number of phenolic OH excluding ortho intramolecular Hbond substituents is 1. The molecule has 1 aromatic rings. The second kappa shape index (κ2) is 4.41. The van der Waals surface area contributed by atoms with Crippen LogP contribution >= 0.6 is 0 Å². The highest BCUT2D eigenvalue weighted by atomic mass is 16.5. The highest BCUT2D eigenvalue weighted by Crippen LogP contribution is 2.38. The van der Waals surface area contributed by atoms with E-state index in [1.54, 1.807) is 0 Å². The molecule has 0 atom stereocenters. The Labute approximate surface area is 82.3 Å². The van der Waals surface area contributed by atoms with Crippen molar-refractivity contribution in [3.05, 3.63) is 25.0 Å². The summed E-state index contributed by atoms with van der Waals surface area (Å²) in [6.07, 6.45) is 1.22. The maximum atomic E-state index is 9.47. The van der Waals surface area contributed by atoms with Gasteiger partial charge in [0.05, 0.1) is 20.5 Å². The van der Waals surface area contributed by atoms with E-state index in [-0.39, 0.29) is 11.5 Å². The van der Waals surface area contributed by atoms with Gasteiger partial charge in [-0.3, -0.25) is 0 Å². The molecule has 0 aliphatic rings. The van der Waals surface area contributed by atoms with Crippen LogP contribution in [0.5, 0.6) is 23.0 Å². The molecule has 0 spiro atoms. The van der Waals surface area contributed by atoms with Gasteiger partial charge < -0.3 is 19.3 Å². The largest absolute Gasteiger partial charge is 0.504 e. The molecule has 1 N–H and O–H groups in total. The Kier molecular flexibility index (Phi) is 3.23. The van der Waals surface area contributed by atoms with Gasteiger partial charge in [0.2, 0.25) is 0 Å². The SMILES string of the molecule is C=COc1cc(OC)c(OC)cc1O. The van der Waals surface area contributed by atoms with E-state index in [9.17, 15) is 5.11 Å². The molecule has 0 amide bonds. The van der Waals surface area contributed by atoms with Gasteiger partial charge in [-0.2, -0.15) is 0 Å². The number of phenols is 1. The van der Waals surface area contributed by atoms with Gasteiger partial charge in [0.25, 0.3) is 0 Å². The zero-order valence-corrected chi connectivity index (χ0v) is 8.11. The number of rotatable bonds is 4. The Morgan fingerprint density at radius 1 is 1.14 bits per heavy atom. The maximum absolute atomic E-state index is 9.47. The van der Waals surface area contributed by atoms with Crippen molar-refractivity contribution < 1.29 is 19.3 Å². The third-order valence-corrected chi connectivity index (χ3v) is 1.68.